The molecule has 0 bridgehead atoms. The van der Waals surface area contributed by atoms with Crippen LogP contribution in [-0.2, 0) is 16.0 Å². The summed E-state index contributed by atoms with van der Waals surface area (Å²) in [7, 11) is 0. The van der Waals surface area contributed by atoms with Crippen molar-refractivity contribution in [1.29, 1.82) is 0 Å². The molecule has 0 saturated carbocycles. The van der Waals surface area contributed by atoms with E-state index >= 15 is 0 Å². The van der Waals surface area contributed by atoms with Crippen LogP contribution in [0.5, 0.6) is 0 Å². The fraction of sp³-hybridized carbons (Fsp3) is 0.263. The Kier molecular flexibility index (Phi) is 5.68. The first-order valence-electron chi connectivity index (χ1n) is 8.18. The molecule has 0 radical (unpaired) electrons. The molecule has 0 aliphatic carbocycles. The minimum Gasteiger partial charge on any atom is -0.295 e. The third kappa shape index (κ3) is 4.28. The second kappa shape index (κ2) is 7.97. The molecule has 7 heteroatoms. The van der Waals surface area contributed by atoms with Gasteiger partial charge in [0, 0.05) is 10.3 Å². The number of benzene rings is 1. The van der Waals surface area contributed by atoms with E-state index in [1.165, 1.54) is 16.6 Å². The van der Waals surface area contributed by atoms with Crippen molar-refractivity contribution in [2.45, 2.75) is 32.2 Å². The molecule has 0 spiro atoms. The number of aryl methyl sites for hydroxylation is 3. The summed E-state index contributed by atoms with van der Waals surface area (Å²) in [5, 5.41) is 4.24. The predicted molar refractivity (Wildman–Crippen MR) is 106 cm³/mol. The fourth-order valence-corrected chi connectivity index (χ4v) is 4.64. The summed E-state index contributed by atoms with van der Waals surface area (Å²) in [6, 6.07) is 9.35. The van der Waals surface area contributed by atoms with Gasteiger partial charge in [-0.2, -0.15) is 0 Å². The summed E-state index contributed by atoms with van der Waals surface area (Å²) >= 11 is 2.97. The van der Waals surface area contributed by atoms with Crippen LogP contribution in [0, 0.1) is 20.8 Å². The molecule has 0 aliphatic heterocycles. The lowest BCUT2D eigenvalue weighted by atomic mass is 10.1. The molecule has 0 fully saturated rings. The number of thioether (sulfide) groups is 1. The molecule has 0 unspecified atom stereocenters. The standard InChI is InChI=1S/C19H19N3O2S2/c1-11-12(2)26-19-17(11)18(20-13(3)21-19)25-10-16(24)22-15(23)9-14-7-5-4-6-8-14/h4-8H,9-10H2,1-3H3,(H,22,23,24). The third-order valence-electron chi connectivity index (χ3n) is 3.93. The van der Waals surface area contributed by atoms with Gasteiger partial charge in [0.25, 0.3) is 0 Å². The summed E-state index contributed by atoms with van der Waals surface area (Å²) < 4.78 is 0. The zero-order valence-electron chi connectivity index (χ0n) is 14.8. The SMILES string of the molecule is Cc1nc(SCC(=O)NC(=O)Cc2ccccc2)c2c(C)c(C)sc2n1. The van der Waals surface area contributed by atoms with Gasteiger partial charge in [-0.3, -0.25) is 14.9 Å². The first-order valence-corrected chi connectivity index (χ1v) is 9.98. The van der Waals surface area contributed by atoms with Gasteiger partial charge < -0.3 is 0 Å². The number of imide groups is 1. The maximum Gasteiger partial charge on any atom is 0.236 e. The van der Waals surface area contributed by atoms with Gasteiger partial charge in [0.2, 0.25) is 11.8 Å². The van der Waals surface area contributed by atoms with Crippen molar-refractivity contribution >= 4 is 45.1 Å². The van der Waals surface area contributed by atoms with Crippen molar-refractivity contribution < 1.29 is 9.59 Å². The summed E-state index contributed by atoms with van der Waals surface area (Å²) in [6.45, 7) is 5.94. The summed E-state index contributed by atoms with van der Waals surface area (Å²) in [5.41, 5.74) is 2.02. The minimum absolute atomic E-state index is 0.139. The number of carbonyl (C=O) groups excluding carboxylic acids is 2. The first-order chi connectivity index (χ1) is 12.4. The van der Waals surface area contributed by atoms with Gasteiger partial charge in [-0.15, -0.1) is 11.3 Å². The molecule has 1 aromatic carbocycles. The highest BCUT2D eigenvalue weighted by Gasteiger charge is 2.16. The molecule has 2 heterocycles. The van der Waals surface area contributed by atoms with E-state index < -0.39 is 0 Å². The summed E-state index contributed by atoms with van der Waals surface area (Å²) in [5.74, 6) is 0.209. The largest absolute Gasteiger partial charge is 0.295 e. The number of thiophene rings is 1. The minimum atomic E-state index is -0.315. The van der Waals surface area contributed by atoms with Crippen LogP contribution >= 0.6 is 23.1 Å². The molecule has 2 amide bonds. The number of rotatable bonds is 5. The summed E-state index contributed by atoms with van der Waals surface area (Å²) in [6.07, 6.45) is 0.191. The third-order valence-corrected chi connectivity index (χ3v) is 6.01. The van der Waals surface area contributed by atoms with E-state index in [0.717, 1.165) is 26.4 Å². The number of nitrogens with zero attached hydrogens (tertiary/aromatic N) is 2. The second-order valence-corrected chi connectivity index (χ2v) is 8.13. The molecular weight excluding hydrogens is 366 g/mol. The first kappa shape index (κ1) is 18.5. The Labute approximate surface area is 160 Å². The molecule has 2 aromatic heterocycles. The molecule has 1 N–H and O–H groups in total. The van der Waals surface area contributed by atoms with E-state index in [-0.39, 0.29) is 24.0 Å². The predicted octanol–water partition coefficient (Wildman–Crippen LogP) is 3.59. The van der Waals surface area contributed by atoms with Crippen molar-refractivity contribution in [3.8, 4) is 0 Å². The Morgan fingerprint density at radius 1 is 1.08 bits per heavy atom. The Bertz CT molecular complexity index is 968. The van der Waals surface area contributed by atoms with E-state index in [0.29, 0.717) is 5.82 Å². The van der Waals surface area contributed by atoms with Crippen molar-refractivity contribution in [3.05, 3.63) is 52.2 Å². The van der Waals surface area contributed by atoms with E-state index in [1.807, 2.05) is 44.2 Å². The van der Waals surface area contributed by atoms with E-state index in [9.17, 15) is 9.59 Å². The number of hydrogen-bond donors (Lipinski definition) is 1. The van der Waals surface area contributed by atoms with Gasteiger partial charge in [0.1, 0.15) is 15.7 Å². The normalized spacial score (nSPS) is 10.9. The average molecular weight is 386 g/mol. The Morgan fingerprint density at radius 2 is 1.81 bits per heavy atom. The maximum absolute atomic E-state index is 12.1. The summed E-state index contributed by atoms with van der Waals surface area (Å²) in [4.78, 5) is 35.2. The Morgan fingerprint density at radius 3 is 2.54 bits per heavy atom. The highest BCUT2D eigenvalue weighted by molar-refractivity contribution is 8.00. The van der Waals surface area contributed by atoms with Gasteiger partial charge in [-0.25, -0.2) is 9.97 Å². The lowest BCUT2D eigenvalue weighted by Crippen LogP contribution is -2.33. The molecule has 3 aromatic rings. The Hall–Kier alpha value is -2.25. The molecule has 3 rings (SSSR count). The number of amides is 2. The number of aromatic nitrogens is 2. The van der Waals surface area contributed by atoms with Crippen molar-refractivity contribution in [1.82, 2.24) is 15.3 Å². The Balaban J connectivity index is 1.64. The van der Waals surface area contributed by atoms with Crippen LogP contribution in [0.1, 0.15) is 21.8 Å². The molecule has 0 atom stereocenters. The van der Waals surface area contributed by atoms with Crippen LogP contribution in [0.3, 0.4) is 0 Å². The smallest absolute Gasteiger partial charge is 0.236 e. The molecule has 0 saturated heterocycles. The molecule has 134 valence electrons. The van der Waals surface area contributed by atoms with Gasteiger partial charge in [0.15, 0.2) is 0 Å². The van der Waals surface area contributed by atoms with Gasteiger partial charge in [0.05, 0.1) is 12.2 Å². The van der Waals surface area contributed by atoms with Crippen LogP contribution in [0.2, 0.25) is 0 Å². The molecule has 5 nitrogen and oxygen atoms in total. The van der Waals surface area contributed by atoms with Crippen LogP contribution in [0.4, 0.5) is 0 Å². The van der Waals surface area contributed by atoms with Gasteiger partial charge in [-0.05, 0) is 31.9 Å². The van der Waals surface area contributed by atoms with E-state index in [1.54, 1.807) is 11.3 Å². The maximum atomic E-state index is 12.1. The number of carbonyl (C=O) groups is 2. The molecule has 0 aliphatic rings. The van der Waals surface area contributed by atoms with Crippen molar-refractivity contribution in [3.63, 3.8) is 0 Å². The number of nitrogens with one attached hydrogen (secondary N) is 1. The van der Waals surface area contributed by atoms with Crippen molar-refractivity contribution in [2.24, 2.45) is 0 Å². The van der Waals surface area contributed by atoms with Gasteiger partial charge in [-0.1, -0.05) is 42.1 Å². The number of hydrogen-bond acceptors (Lipinski definition) is 6. The highest BCUT2D eigenvalue weighted by atomic mass is 32.2. The zero-order chi connectivity index (χ0) is 18.7. The molecular formula is C19H19N3O2S2. The van der Waals surface area contributed by atoms with Gasteiger partial charge >= 0.3 is 0 Å². The lowest BCUT2D eigenvalue weighted by Gasteiger charge is -2.06. The van der Waals surface area contributed by atoms with Crippen LogP contribution in [0.25, 0.3) is 10.2 Å². The van der Waals surface area contributed by atoms with Crippen molar-refractivity contribution in [2.75, 3.05) is 5.75 Å². The van der Waals surface area contributed by atoms with Crippen LogP contribution in [-0.4, -0.2) is 27.5 Å². The van der Waals surface area contributed by atoms with E-state index in [4.69, 9.17) is 0 Å². The quantitative estimate of drug-likeness (QED) is 0.537. The monoisotopic (exact) mass is 385 g/mol. The van der Waals surface area contributed by atoms with Crippen LogP contribution in [0.15, 0.2) is 35.4 Å². The highest BCUT2D eigenvalue weighted by Crippen LogP contribution is 2.34. The second-order valence-electron chi connectivity index (χ2n) is 5.96. The average Bonchev–Trinajstić information content (AvgIpc) is 2.87. The molecule has 26 heavy (non-hydrogen) atoms. The lowest BCUT2D eigenvalue weighted by molar-refractivity contribution is -0.128. The van der Waals surface area contributed by atoms with Crippen LogP contribution < -0.4 is 5.32 Å². The zero-order valence-corrected chi connectivity index (χ0v) is 16.5. The fourth-order valence-electron chi connectivity index (χ4n) is 2.57. The topological polar surface area (TPSA) is 72.0 Å². The number of fused-ring (bicyclic) bond motifs is 1. The van der Waals surface area contributed by atoms with E-state index in [2.05, 4.69) is 22.2 Å².